The highest BCUT2D eigenvalue weighted by Crippen LogP contribution is 2.24. The first-order valence-electron chi connectivity index (χ1n) is 7.30. The fourth-order valence-electron chi connectivity index (χ4n) is 2.35. The van der Waals surface area contributed by atoms with Gasteiger partial charge in [-0.05, 0) is 37.1 Å². The van der Waals surface area contributed by atoms with Crippen LogP contribution in [0, 0.1) is 5.82 Å². The van der Waals surface area contributed by atoms with Gasteiger partial charge in [-0.3, -0.25) is 4.79 Å². The molecule has 7 heteroatoms. The number of benzene rings is 1. The van der Waals surface area contributed by atoms with E-state index in [4.69, 9.17) is 4.74 Å². The Morgan fingerprint density at radius 2 is 1.91 bits per heavy atom. The molecule has 0 unspecified atom stereocenters. The van der Waals surface area contributed by atoms with E-state index >= 15 is 0 Å². The van der Waals surface area contributed by atoms with Crippen molar-refractivity contribution in [1.82, 2.24) is 9.88 Å². The van der Waals surface area contributed by atoms with E-state index < -0.39 is 5.97 Å². The summed E-state index contributed by atoms with van der Waals surface area (Å²) in [6.45, 7) is 1.19. The molecule has 0 N–H and O–H groups in total. The Kier molecular flexibility index (Phi) is 4.66. The van der Waals surface area contributed by atoms with Gasteiger partial charge in [-0.2, -0.15) is 0 Å². The third-order valence-electron chi connectivity index (χ3n) is 3.59. The SMILES string of the molecule is O=C(OCC(=O)N1CCCC1)c1csc(-c2ccc(F)cc2)n1. The van der Waals surface area contributed by atoms with Crippen molar-refractivity contribution in [3.8, 4) is 10.6 Å². The van der Waals surface area contributed by atoms with Crippen molar-refractivity contribution in [2.24, 2.45) is 0 Å². The van der Waals surface area contributed by atoms with E-state index in [0.717, 1.165) is 31.5 Å². The molecule has 23 heavy (non-hydrogen) atoms. The Labute approximate surface area is 136 Å². The summed E-state index contributed by atoms with van der Waals surface area (Å²) in [6, 6.07) is 5.87. The number of thiazole rings is 1. The summed E-state index contributed by atoms with van der Waals surface area (Å²) in [5.74, 6) is -1.13. The zero-order chi connectivity index (χ0) is 16.2. The number of hydrogen-bond acceptors (Lipinski definition) is 5. The molecule has 0 atom stereocenters. The van der Waals surface area contributed by atoms with Gasteiger partial charge in [0.05, 0.1) is 0 Å². The van der Waals surface area contributed by atoms with Crippen LogP contribution in [0.5, 0.6) is 0 Å². The van der Waals surface area contributed by atoms with Crippen molar-refractivity contribution in [3.05, 3.63) is 41.2 Å². The Morgan fingerprint density at radius 1 is 1.22 bits per heavy atom. The van der Waals surface area contributed by atoms with E-state index in [0.29, 0.717) is 5.01 Å². The second kappa shape index (κ2) is 6.87. The van der Waals surface area contributed by atoms with Crippen LogP contribution in [0.3, 0.4) is 0 Å². The van der Waals surface area contributed by atoms with Crippen LogP contribution in [-0.4, -0.2) is 41.5 Å². The van der Waals surface area contributed by atoms with Crippen molar-refractivity contribution < 1.29 is 18.7 Å². The van der Waals surface area contributed by atoms with Gasteiger partial charge in [0.25, 0.3) is 5.91 Å². The van der Waals surface area contributed by atoms with Gasteiger partial charge in [0.2, 0.25) is 0 Å². The standard InChI is InChI=1S/C16H15FN2O3S/c17-12-5-3-11(4-6-12)15-18-13(10-23-15)16(21)22-9-14(20)19-7-1-2-8-19/h3-6,10H,1-2,7-9H2. The van der Waals surface area contributed by atoms with E-state index in [9.17, 15) is 14.0 Å². The number of ether oxygens (including phenoxy) is 1. The maximum absolute atomic E-state index is 12.9. The van der Waals surface area contributed by atoms with Gasteiger partial charge in [0, 0.05) is 24.0 Å². The molecule has 3 rings (SSSR count). The predicted octanol–water partition coefficient (Wildman–Crippen LogP) is 2.73. The lowest BCUT2D eigenvalue weighted by Gasteiger charge is -2.14. The van der Waals surface area contributed by atoms with Gasteiger partial charge in [0.1, 0.15) is 10.8 Å². The number of rotatable bonds is 4. The third kappa shape index (κ3) is 3.73. The van der Waals surface area contributed by atoms with E-state index in [-0.39, 0.29) is 24.0 Å². The molecule has 5 nitrogen and oxygen atoms in total. The molecular weight excluding hydrogens is 319 g/mol. The molecule has 0 radical (unpaired) electrons. The largest absolute Gasteiger partial charge is 0.451 e. The van der Waals surface area contributed by atoms with Gasteiger partial charge in [0.15, 0.2) is 12.3 Å². The van der Waals surface area contributed by atoms with Gasteiger partial charge >= 0.3 is 5.97 Å². The van der Waals surface area contributed by atoms with E-state index in [1.54, 1.807) is 22.4 Å². The number of carbonyl (C=O) groups is 2. The first-order valence-corrected chi connectivity index (χ1v) is 8.18. The number of aromatic nitrogens is 1. The second-order valence-electron chi connectivity index (χ2n) is 5.21. The number of halogens is 1. The average molecular weight is 334 g/mol. The van der Waals surface area contributed by atoms with E-state index in [1.165, 1.54) is 23.5 Å². The molecule has 2 aromatic rings. The number of nitrogens with zero attached hydrogens (tertiary/aromatic N) is 2. The van der Waals surface area contributed by atoms with Crippen LogP contribution in [0.1, 0.15) is 23.3 Å². The van der Waals surface area contributed by atoms with E-state index in [1.807, 2.05) is 0 Å². The van der Waals surface area contributed by atoms with Crippen molar-refractivity contribution in [2.45, 2.75) is 12.8 Å². The number of carbonyl (C=O) groups excluding carboxylic acids is 2. The summed E-state index contributed by atoms with van der Waals surface area (Å²) in [4.78, 5) is 29.7. The molecule has 120 valence electrons. The Balaban J connectivity index is 1.59. The van der Waals surface area contributed by atoms with Gasteiger partial charge < -0.3 is 9.64 Å². The van der Waals surface area contributed by atoms with Crippen molar-refractivity contribution >= 4 is 23.2 Å². The molecule has 0 bridgehead atoms. The summed E-state index contributed by atoms with van der Waals surface area (Å²) in [7, 11) is 0. The zero-order valence-electron chi connectivity index (χ0n) is 12.3. The molecular formula is C16H15FN2O3S. The number of esters is 1. The second-order valence-corrected chi connectivity index (χ2v) is 6.07. The summed E-state index contributed by atoms with van der Waals surface area (Å²) < 4.78 is 17.9. The van der Waals surface area contributed by atoms with Crippen molar-refractivity contribution in [3.63, 3.8) is 0 Å². The van der Waals surface area contributed by atoms with Crippen molar-refractivity contribution in [1.29, 1.82) is 0 Å². The summed E-state index contributed by atoms with van der Waals surface area (Å²) in [5.41, 5.74) is 0.882. The first-order chi connectivity index (χ1) is 11.1. The summed E-state index contributed by atoms with van der Waals surface area (Å²) in [5, 5.41) is 2.17. The van der Waals surface area contributed by atoms with Crippen LogP contribution in [0.25, 0.3) is 10.6 Å². The Morgan fingerprint density at radius 3 is 2.61 bits per heavy atom. The molecule has 0 aliphatic carbocycles. The van der Waals surface area contributed by atoms with E-state index in [2.05, 4.69) is 4.98 Å². The molecule has 1 amide bonds. The lowest BCUT2D eigenvalue weighted by Crippen LogP contribution is -2.32. The minimum atomic E-state index is -0.623. The molecule has 1 fully saturated rings. The van der Waals surface area contributed by atoms with Crippen LogP contribution in [0.15, 0.2) is 29.6 Å². The van der Waals surface area contributed by atoms with Crippen LogP contribution in [0.4, 0.5) is 4.39 Å². The van der Waals surface area contributed by atoms with Gasteiger partial charge in [-0.15, -0.1) is 11.3 Å². The van der Waals surface area contributed by atoms with Crippen LogP contribution in [-0.2, 0) is 9.53 Å². The normalized spacial score (nSPS) is 14.0. The fraction of sp³-hybridized carbons (Fsp3) is 0.312. The quantitative estimate of drug-likeness (QED) is 0.807. The fourth-order valence-corrected chi connectivity index (χ4v) is 3.15. The highest BCUT2D eigenvalue weighted by atomic mass is 32.1. The highest BCUT2D eigenvalue weighted by Gasteiger charge is 2.20. The molecule has 1 aromatic carbocycles. The predicted molar refractivity (Wildman–Crippen MR) is 83.6 cm³/mol. The molecule has 1 saturated heterocycles. The maximum atomic E-state index is 12.9. The molecule has 0 saturated carbocycles. The van der Waals surface area contributed by atoms with Crippen LogP contribution < -0.4 is 0 Å². The number of amides is 1. The molecule has 1 aliphatic rings. The average Bonchev–Trinajstić information content (AvgIpc) is 3.24. The molecule has 0 spiro atoms. The lowest BCUT2D eigenvalue weighted by atomic mass is 10.2. The topological polar surface area (TPSA) is 59.5 Å². The lowest BCUT2D eigenvalue weighted by molar-refractivity contribution is -0.133. The minimum absolute atomic E-state index is 0.156. The van der Waals surface area contributed by atoms with Crippen LogP contribution in [0.2, 0.25) is 0 Å². The van der Waals surface area contributed by atoms with Crippen molar-refractivity contribution in [2.75, 3.05) is 19.7 Å². The number of hydrogen-bond donors (Lipinski definition) is 0. The Hall–Kier alpha value is -2.28. The first kappa shape index (κ1) is 15.6. The van der Waals surface area contributed by atoms with Crippen LogP contribution >= 0.6 is 11.3 Å². The highest BCUT2D eigenvalue weighted by molar-refractivity contribution is 7.13. The Bertz CT molecular complexity index is 708. The molecule has 1 aromatic heterocycles. The number of likely N-dealkylation sites (tertiary alicyclic amines) is 1. The molecule has 2 heterocycles. The monoisotopic (exact) mass is 334 g/mol. The third-order valence-corrected chi connectivity index (χ3v) is 4.48. The summed E-state index contributed by atoms with van der Waals surface area (Å²) in [6.07, 6.45) is 1.99. The zero-order valence-corrected chi connectivity index (χ0v) is 13.1. The van der Waals surface area contributed by atoms with Gasteiger partial charge in [-0.25, -0.2) is 14.2 Å². The summed E-state index contributed by atoms with van der Waals surface area (Å²) >= 11 is 1.27. The maximum Gasteiger partial charge on any atom is 0.358 e. The molecule has 1 aliphatic heterocycles. The smallest absolute Gasteiger partial charge is 0.358 e. The minimum Gasteiger partial charge on any atom is -0.451 e. The van der Waals surface area contributed by atoms with Gasteiger partial charge in [-0.1, -0.05) is 0 Å².